The Morgan fingerprint density at radius 1 is 1.19 bits per heavy atom. The Kier molecular flexibility index (Phi) is 4.13. The first kappa shape index (κ1) is 14.4. The molecule has 0 aliphatic heterocycles. The lowest BCUT2D eigenvalue weighted by molar-refractivity contribution is 0.582. The first-order chi connectivity index (χ1) is 10.1. The van der Waals surface area contributed by atoms with E-state index in [0.717, 1.165) is 33.8 Å². The largest absolute Gasteiger partial charge is 0.331 e. The number of hydrogen-bond donors (Lipinski definition) is 1. The quantitative estimate of drug-likeness (QED) is 0.626. The van der Waals surface area contributed by atoms with Gasteiger partial charge in [-0.05, 0) is 48.3 Å². The summed E-state index contributed by atoms with van der Waals surface area (Å²) >= 11 is 11.5. The third-order valence-electron chi connectivity index (χ3n) is 3.89. The van der Waals surface area contributed by atoms with Crippen LogP contribution in [0.5, 0.6) is 0 Å². The van der Waals surface area contributed by atoms with E-state index in [1.54, 1.807) is 0 Å². The summed E-state index contributed by atoms with van der Waals surface area (Å²) < 4.78 is 2.89. The Labute approximate surface area is 134 Å². The van der Waals surface area contributed by atoms with Gasteiger partial charge in [-0.15, -0.1) is 0 Å². The molecule has 0 saturated heterocycles. The van der Waals surface area contributed by atoms with Crippen LogP contribution < -0.4 is 0 Å². The predicted molar refractivity (Wildman–Crippen MR) is 91.6 cm³/mol. The Bertz CT molecular complexity index is 805. The van der Waals surface area contributed by atoms with Crippen LogP contribution in [0.15, 0.2) is 48.5 Å². The molecule has 1 N–H and O–H groups in total. The molecule has 1 atom stereocenters. The molecule has 4 heteroatoms. The van der Waals surface area contributed by atoms with Crippen molar-refractivity contribution in [2.24, 2.45) is 0 Å². The Balaban J connectivity index is 1.84. The van der Waals surface area contributed by atoms with Gasteiger partial charge in [0.25, 0.3) is 0 Å². The highest BCUT2D eigenvalue weighted by Crippen LogP contribution is 2.23. The van der Waals surface area contributed by atoms with Gasteiger partial charge in [0.15, 0.2) is 4.77 Å². The zero-order chi connectivity index (χ0) is 14.8. The number of hydrogen-bond acceptors (Lipinski definition) is 1. The maximum atomic E-state index is 6.10. The fraction of sp³-hybridized carbons (Fsp3) is 0.235. The first-order valence-corrected chi connectivity index (χ1v) is 7.87. The Morgan fingerprint density at radius 3 is 2.71 bits per heavy atom. The van der Waals surface area contributed by atoms with E-state index >= 15 is 0 Å². The maximum Gasteiger partial charge on any atom is 0.178 e. The number of H-pyrrole nitrogens is 1. The van der Waals surface area contributed by atoms with E-state index in [1.807, 2.05) is 24.3 Å². The molecule has 3 aromatic rings. The van der Waals surface area contributed by atoms with E-state index in [1.165, 1.54) is 5.56 Å². The zero-order valence-electron chi connectivity index (χ0n) is 11.8. The van der Waals surface area contributed by atoms with Gasteiger partial charge >= 0.3 is 0 Å². The van der Waals surface area contributed by atoms with E-state index < -0.39 is 0 Å². The standard InChI is InChI=1S/C17H17ClN2S/c1-12(13-5-3-2-4-6-13)9-10-20-16-11-14(18)7-8-15(16)19-17(20)21/h2-8,11-12H,9-10H2,1H3,(H,19,21). The topological polar surface area (TPSA) is 20.7 Å². The van der Waals surface area contributed by atoms with Gasteiger partial charge in [-0.3, -0.25) is 0 Å². The van der Waals surface area contributed by atoms with Crippen LogP contribution >= 0.6 is 23.8 Å². The van der Waals surface area contributed by atoms with Crippen LogP contribution in [0.3, 0.4) is 0 Å². The lowest BCUT2D eigenvalue weighted by Gasteiger charge is -2.12. The minimum atomic E-state index is 0.497. The number of rotatable bonds is 4. The third-order valence-corrected chi connectivity index (χ3v) is 4.45. The van der Waals surface area contributed by atoms with Crippen LogP contribution in [0.2, 0.25) is 5.02 Å². The smallest absolute Gasteiger partial charge is 0.178 e. The molecule has 2 aromatic carbocycles. The summed E-state index contributed by atoms with van der Waals surface area (Å²) in [7, 11) is 0. The average molecular weight is 317 g/mol. The van der Waals surface area contributed by atoms with Crippen LogP contribution in [0.1, 0.15) is 24.8 Å². The molecule has 0 fully saturated rings. The lowest BCUT2D eigenvalue weighted by Crippen LogP contribution is -2.03. The number of imidazole rings is 1. The van der Waals surface area contributed by atoms with Gasteiger partial charge in [-0.1, -0.05) is 48.9 Å². The van der Waals surface area contributed by atoms with Crippen molar-refractivity contribution in [1.29, 1.82) is 0 Å². The van der Waals surface area contributed by atoms with Gasteiger partial charge in [-0.25, -0.2) is 0 Å². The second kappa shape index (κ2) is 6.04. The fourth-order valence-electron chi connectivity index (χ4n) is 2.62. The monoisotopic (exact) mass is 316 g/mol. The van der Waals surface area contributed by atoms with Gasteiger partial charge in [0.2, 0.25) is 0 Å². The van der Waals surface area contributed by atoms with Crippen molar-refractivity contribution in [2.45, 2.75) is 25.8 Å². The van der Waals surface area contributed by atoms with E-state index in [9.17, 15) is 0 Å². The highest BCUT2D eigenvalue weighted by Gasteiger charge is 2.09. The van der Waals surface area contributed by atoms with Gasteiger partial charge in [0, 0.05) is 11.6 Å². The van der Waals surface area contributed by atoms with Crippen molar-refractivity contribution in [3.8, 4) is 0 Å². The molecule has 3 rings (SSSR count). The zero-order valence-corrected chi connectivity index (χ0v) is 13.4. The number of nitrogens with zero attached hydrogens (tertiary/aromatic N) is 1. The molecule has 1 aromatic heterocycles. The van der Waals surface area contributed by atoms with Crippen molar-refractivity contribution in [3.63, 3.8) is 0 Å². The molecule has 0 spiro atoms. The van der Waals surface area contributed by atoms with E-state index in [-0.39, 0.29) is 0 Å². The molecule has 0 bridgehead atoms. The molecule has 0 amide bonds. The van der Waals surface area contributed by atoms with Crippen molar-refractivity contribution in [1.82, 2.24) is 9.55 Å². The van der Waals surface area contributed by atoms with Crippen LogP contribution in [0.4, 0.5) is 0 Å². The van der Waals surface area contributed by atoms with Crippen molar-refractivity contribution < 1.29 is 0 Å². The average Bonchev–Trinajstić information content (AvgIpc) is 2.80. The fourth-order valence-corrected chi connectivity index (χ4v) is 3.08. The van der Waals surface area contributed by atoms with Crippen LogP contribution in [0, 0.1) is 4.77 Å². The summed E-state index contributed by atoms with van der Waals surface area (Å²) in [5.74, 6) is 0.497. The second-order valence-electron chi connectivity index (χ2n) is 5.34. The lowest BCUT2D eigenvalue weighted by atomic mass is 9.98. The summed E-state index contributed by atoms with van der Waals surface area (Å²) in [6.07, 6.45) is 1.04. The summed E-state index contributed by atoms with van der Waals surface area (Å²) in [6.45, 7) is 3.13. The van der Waals surface area contributed by atoms with Crippen LogP contribution in [-0.4, -0.2) is 9.55 Å². The molecule has 1 unspecified atom stereocenters. The molecule has 0 radical (unpaired) electrons. The molecule has 0 saturated carbocycles. The number of aryl methyl sites for hydroxylation is 1. The molecule has 1 heterocycles. The number of aromatic nitrogens is 2. The Hall–Kier alpha value is -1.58. The van der Waals surface area contributed by atoms with Crippen molar-refractivity contribution in [2.75, 3.05) is 0 Å². The number of nitrogens with one attached hydrogen (secondary N) is 1. The number of fused-ring (bicyclic) bond motifs is 1. The summed E-state index contributed by atoms with van der Waals surface area (Å²) in [6, 6.07) is 16.4. The van der Waals surface area contributed by atoms with Gasteiger partial charge < -0.3 is 9.55 Å². The number of aromatic amines is 1. The molecular formula is C17H17ClN2S. The molecular weight excluding hydrogens is 300 g/mol. The number of benzene rings is 2. The summed E-state index contributed by atoms with van der Waals surface area (Å²) in [5, 5.41) is 0.737. The SMILES string of the molecule is CC(CCn1c(=S)[nH]c2ccc(Cl)cc21)c1ccccc1. The molecule has 0 aliphatic rings. The summed E-state index contributed by atoms with van der Waals surface area (Å²) in [5.41, 5.74) is 3.48. The van der Waals surface area contributed by atoms with E-state index in [0.29, 0.717) is 5.92 Å². The summed E-state index contributed by atoms with van der Waals surface area (Å²) in [4.78, 5) is 3.24. The van der Waals surface area contributed by atoms with Crippen LogP contribution in [-0.2, 0) is 6.54 Å². The number of halogens is 1. The first-order valence-electron chi connectivity index (χ1n) is 7.08. The normalized spacial score (nSPS) is 12.7. The highest BCUT2D eigenvalue weighted by atomic mass is 35.5. The van der Waals surface area contributed by atoms with Crippen molar-refractivity contribution in [3.05, 3.63) is 63.9 Å². The Morgan fingerprint density at radius 2 is 1.95 bits per heavy atom. The molecule has 108 valence electrons. The molecule has 2 nitrogen and oxygen atoms in total. The van der Waals surface area contributed by atoms with Crippen LogP contribution in [0.25, 0.3) is 11.0 Å². The van der Waals surface area contributed by atoms with Gasteiger partial charge in [0.05, 0.1) is 11.0 Å². The second-order valence-corrected chi connectivity index (χ2v) is 6.17. The van der Waals surface area contributed by atoms with Gasteiger partial charge in [0.1, 0.15) is 0 Å². The van der Waals surface area contributed by atoms with Crippen molar-refractivity contribution >= 4 is 34.9 Å². The molecule has 21 heavy (non-hydrogen) atoms. The predicted octanol–water partition coefficient (Wildman–Crippen LogP) is 5.55. The van der Waals surface area contributed by atoms with E-state index in [4.69, 9.17) is 23.8 Å². The third kappa shape index (κ3) is 3.04. The van der Waals surface area contributed by atoms with E-state index in [2.05, 4.69) is 40.7 Å². The minimum Gasteiger partial charge on any atom is -0.331 e. The minimum absolute atomic E-state index is 0.497. The maximum absolute atomic E-state index is 6.10. The highest BCUT2D eigenvalue weighted by molar-refractivity contribution is 7.71. The molecule has 0 aliphatic carbocycles. The van der Waals surface area contributed by atoms with Gasteiger partial charge in [-0.2, -0.15) is 0 Å².